The van der Waals surface area contributed by atoms with Gasteiger partial charge in [0.2, 0.25) is 5.78 Å². The lowest BCUT2D eigenvalue weighted by Crippen LogP contribution is -2.23. The van der Waals surface area contributed by atoms with Crippen LogP contribution in [0.4, 0.5) is 5.69 Å². The van der Waals surface area contributed by atoms with E-state index in [2.05, 4.69) is 10.2 Å². The Labute approximate surface area is 185 Å². The molecule has 10 nitrogen and oxygen atoms in total. The van der Waals surface area contributed by atoms with Gasteiger partial charge in [-0.15, -0.1) is 10.2 Å². The van der Waals surface area contributed by atoms with Gasteiger partial charge in [-0.3, -0.25) is 23.9 Å². The van der Waals surface area contributed by atoms with Crippen molar-refractivity contribution in [2.75, 3.05) is 6.79 Å². The predicted octanol–water partition coefficient (Wildman–Crippen LogP) is 3.52. The Morgan fingerprint density at radius 3 is 2.91 bits per heavy atom. The van der Waals surface area contributed by atoms with Crippen LogP contribution < -0.4 is 10.3 Å². The van der Waals surface area contributed by atoms with Crippen LogP contribution in [0.15, 0.2) is 46.3 Å². The Bertz CT molecular complexity index is 1410. The fraction of sp³-hybridized carbons (Fsp3) is 0.286. The van der Waals surface area contributed by atoms with E-state index in [9.17, 15) is 14.9 Å². The minimum atomic E-state index is -0.424. The van der Waals surface area contributed by atoms with Gasteiger partial charge in [0.1, 0.15) is 5.75 Å². The number of hydrogen-bond acceptors (Lipinski definition) is 8. The molecule has 0 aliphatic carbocycles. The highest BCUT2D eigenvalue weighted by molar-refractivity contribution is 7.98. The van der Waals surface area contributed by atoms with Gasteiger partial charge in [0, 0.05) is 35.6 Å². The normalized spacial score (nSPS) is 13.3. The third kappa shape index (κ3) is 3.39. The van der Waals surface area contributed by atoms with E-state index in [-0.39, 0.29) is 24.6 Å². The summed E-state index contributed by atoms with van der Waals surface area (Å²) in [6.45, 7) is 2.89. The number of aryl methyl sites for hydroxylation is 1. The van der Waals surface area contributed by atoms with E-state index in [1.165, 1.54) is 23.9 Å². The van der Waals surface area contributed by atoms with Gasteiger partial charge in [-0.2, -0.15) is 0 Å². The second-order valence-electron chi connectivity index (χ2n) is 7.34. The molecular formula is C21H19N5O5S. The van der Waals surface area contributed by atoms with Crippen LogP contribution in [-0.2, 0) is 23.6 Å². The first-order chi connectivity index (χ1) is 15.6. The number of para-hydroxylation sites is 1. The summed E-state index contributed by atoms with van der Waals surface area (Å²) < 4.78 is 14.4. The number of benzene rings is 2. The average Bonchev–Trinajstić information content (AvgIpc) is 3.24. The van der Waals surface area contributed by atoms with Crippen molar-refractivity contribution < 1.29 is 14.4 Å². The summed E-state index contributed by atoms with van der Waals surface area (Å²) in [4.78, 5) is 23.9. The summed E-state index contributed by atoms with van der Waals surface area (Å²) in [5.41, 5.74) is 1.94. The van der Waals surface area contributed by atoms with Crippen molar-refractivity contribution in [1.29, 1.82) is 0 Å². The second-order valence-corrected chi connectivity index (χ2v) is 8.28. The molecule has 5 rings (SSSR count). The number of nitro benzene ring substituents is 1. The Morgan fingerprint density at radius 2 is 2.09 bits per heavy atom. The Hall–Kier alpha value is -3.44. The second kappa shape index (κ2) is 8.24. The van der Waals surface area contributed by atoms with Crippen LogP contribution in [-0.4, -0.2) is 30.9 Å². The number of thioether (sulfide) groups is 1. The van der Waals surface area contributed by atoms with E-state index in [1.54, 1.807) is 10.6 Å². The third-order valence-electron chi connectivity index (χ3n) is 5.26. The molecule has 164 valence electrons. The van der Waals surface area contributed by atoms with Gasteiger partial charge in [-0.05, 0) is 18.6 Å². The highest BCUT2D eigenvalue weighted by Gasteiger charge is 2.22. The van der Waals surface area contributed by atoms with Crippen LogP contribution in [0, 0.1) is 10.1 Å². The summed E-state index contributed by atoms with van der Waals surface area (Å²) in [7, 11) is 0. The molecule has 32 heavy (non-hydrogen) atoms. The minimum absolute atomic E-state index is 0.0122. The lowest BCUT2D eigenvalue weighted by Gasteiger charge is -2.20. The zero-order chi connectivity index (χ0) is 22.2. The molecular weight excluding hydrogens is 434 g/mol. The molecule has 0 atom stereocenters. The molecule has 1 aliphatic heterocycles. The Kier molecular flexibility index (Phi) is 5.27. The number of non-ortho nitro benzene ring substituents is 1. The van der Waals surface area contributed by atoms with E-state index in [0.29, 0.717) is 45.5 Å². The molecule has 0 radical (unpaired) electrons. The maximum absolute atomic E-state index is 13.0. The van der Waals surface area contributed by atoms with Crippen LogP contribution in [0.25, 0.3) is 16.7 Å². The zero-order valence-electron chi connectivity index (χ0n) is 17.2. The fourth-order valence-corrected chi connectivity index (χ4v) is 4.79. The van der Waals surface area contributed by atoms with Gasteiger partial charge in [0.05, 0.1) is 22.4 Å². The topological polar surface area (TPSA) is 114 Å². The molecule has 2 aromatic heterocycles. The number of ether oxygens (including phenoxy) is 2. The van der Waals surface area contributed by atoms with Crippen LogP contribution in [0.5, 0.6) is 5.75 Å². The molecule has 0 saturated heterocycles. The molecule has 2 aromatic carbocycles. The van der Waals surface area contributed by atoms with Gasteiger partial charge in [0.25, 0.3) is 11.2 Å². The summed E-state index contributed by atoms with van der Waals surface area (Å²) >= 11 is 1.38. The smallest absolute Gasteiger partial charge is 0.270 e. The molecule has 0 amide bonds. The SMILES string of the molecule is CCCn1c(=O)c2ccccc2n2c(SCc3cc([N+](=O)[O-])cc4c3OCOC4)nnc12. The zero-order valence-corrected chi connectivity index (χ0v) is 18.0. The number of nitrogens with zero attached hydrogens (tertiary/aromatic N) is 5. The Morgan fingerprint density at radius 1 is 1.25 bits per heavy atom. The summed E-state index contributed by atoms with van der Waals surface area (Å²) in [6.07, 6.45) is 0.780. The minimum Gasteiger partial charge on any atom is -0.467 e. The van der Waals surface area contributed by atoms with Gasteiger partial charge in [0.15, 0.2) is 11.9 Å². The first-order valence-corrected chi connectivity index (χ1v) is 11.1. The van der Waals surface area contributed by atoms with Crippen molar-refractivity contribution >= 4 is 34.1 Å². The van der Waals surface area contributed by atoms with Crippen molar-refractivity contribution in [1.82, 2.24) is 19.2 Å². The van der Waals surface area contributed by atoms with Gasteiger partial charge >= 0.3 is 0 Å². The quantitative estimate of drug-likeness (QED) is 0.247. The monoisotopic (exact) mass is 453 g/mol. The van der Waals surface area contributed by atoms with Gasteiger partial charge < -0.3 is 9.47 Å². The first kappa shape index (κ1) is 20.5. The standard InChI is InChI=1S/C21H19N5O5S/c1-2-7-24-19(27)16-5-3-4-6-17(16)25-20(24)22-23-21(25)32-11-14-9-15(26(28)29)8-13-10-30-12-31-18(13)14/h3-6,8-9H,2,7,10-12H2,1H3. The van der Waals surface area contributed by atoms with Crippen LogP contribution in [0.1, 0.15) is 24.5 Å². The van der Waals surface area contributed by atoms with E-state index in [0.717, 1.165) is 11.9 Å². The van der Waals surface area contributed by atoms with E-state index in [4.69, 9.17) is 9.47 Å². The molecule has 11 heteroatoms. The number of nitro groups is 1. The third-order valence-corrected chi connectivity index (χ3v) is 6.24. The summed E-state index contributed by atoms with van der Waals surface area (Å²) in [5.74, 6) is 1.46. The molecule has 0 bridgehead atoms. The molecule has 1 aliphatic rings. The van der Waals surface area contributed by atoms with Crippen molar-refractivity contribution in [2.45, 2.75) is 37.4 Å². The molecule has 0 unspecified atom stereocenters. The average molecular weight is 453 g/mol. The molecule has 3 heterocycles. The maximum Gasteiger partial charge on any atom is 0.270 e. The molecule has 0 spiro atoms. The number of rotatable bonds is 6. The van der Waals surface area contributed by atoms with E-state index in [1.807, 2.05) is 29.5 Å². The van der Waals surface area contributed by atoms with Crippen molar-refractivity contribution in [3.8, 4) is 5.75 Å². The number of aromatic nitrogens is 4. The lowest BCUT2D eigenvalue weighted by atomic mass is 10.1. The van der Waals surface area contributed by atoms with E-state index >= 15 is 0 Å². The highest BCUT2D eigenvalue weighted by Crippen LogP contribution is 2.36. The van der Waals surface area contributed by atoms with Crippen LogP contribution in [0.3, 0.4) is 0 Å². The van der Waals surface area contributed by atoms with Crippen LogP contribution in [0.2, 0.25) is 0 Å². The largest absolute Gasteiger partial charge is 0.467 e. The van der Waals surface area contributed by atoms with Crippen molar-refractivity contribution in [2.24, 2.45) is 0 Å². The summed E-state index contributed by atoms with van der Waals surface area (Å²) in [5, 5.41) is 21.2. The number of hydrogen-bond donors (Lipinski definition) is 0. The van der Waals surface area contributed by atoms with E-state index < -0.39 is 4.92 Å². The van der Waals surface area contributed by atoms with Crippen LogP contribution >= 0.6 is 11.8 Å². The molecule has 0 saturated carbocycles. The van der Waals surface area contributed by atoms with Crippen molar-refractivity contribution in [3.63, 3.8) is 0 Å². The molecule has 0 N–H and O–H groups in total. The lowest BCUT2D eigenvalue weighted by molar-refractivity contribution is -0.385. The molecule has 4 aromatic rings. The molecule has 0 fully saturated rings. The fourth-order valence-electron chi connectivity index (χ4n) is 3.89. The maximum atomic E-state index is 13.0. The highest BCUT2D eigenvalue weighted by atomic mass is 32.2. The first-order valence-electron chi connectivity index (χ1n) is 10.1. The Balaban J connectivity index is 1.60. The predicted molar refractivity (Wildman–Crippen MR) is 118 cm³/mol. The van der Waals surface area contributed by atoms with Crippen molar-refractivity contribution in [3.05, 3.63) is 68.0 Å². The van der Waals surface area contributed by atoms with Gasteiger partial charge in [-0.25, -0.2) is 0 Å². The number of fused-ring (bicyclic) bond motifs is 4. The summed E-state index contributed by atoms with van der Waals surface area (Å²) in [6, 6.07) is 10.4. The van der Waals surface area contributed by atoms with Gasteiger partial charge in [-0.1, -0.05) is 30.8 Å².